The highest BCUT2D eigenvalue weighted by atomic mass is 79.9. The Kier molecular flexibility index (Phi) is 4.20. The minimum atomic E-state index is -0.192. The number of rotatable bonds is 3. The van der Waals surface area contributed by atoms with Gasteiger partial charge in [-0.2, -0.15) is 0 Å². The summed E-state index contributed by atoms with van der Waals surface area (Å²) in [5, 5.41) is 2.88. The first-order valence-electron chi connectivity index (χ1n) is 7.01. The van der Waals surface area contributed by atoms with Gasteiger partial charge in [0.15, 0.2) is 0 Å². The highest BCUT2D eigenvalue weighted by Gasteiger charge is 2.15. The number of carbonyl (C=O) groups excluding carboxylic acids is 1. The number of anilines is 2. The van der Waals surface area contributed by atoms with Gasteiger partial charge in [-0.25, -0.2) is 0 Å². The van der Waals surface area contributed by atoms with Crippen LogP contribution in [-0.4, -0.2) is 24.0 Å². The predicted octanol–water partition coefficient (Wildman–Crippen LogP) is 3.70. The number of para-hydroxylation sites is 1. The van der Waals surface area contributed by atoms with Gasteiger partial charge in [-0.05, 0) is 53.0 Å². The Hall–Kier alpha value is -1.88. The summed E-state index contributed by atoms with van der Waals surface area (Å²) in [5.74, 6) is -0.192. The lowest BCUT2D eigenvalue weighted by molar-refractivity contribution is 0.102. The third-order valence-electron chi connectivity index (χ3n) is 3.57. The number of hydrogen-bond donors (Lipinski definition) is 1. The van der Waals surface area contributed by atoms with Crippen LogP contribution in [0.3, 0.4) is 0 Å². The molecular weight excluding hydrogens is 330 g/mol. The lowest BCUT2D eigenvalue weighted by Crippen LogP contribution is -2.19. The molecule has 2 heterocycles. The number of benzene rings is 1. The van der Waals surface area contributed by atoms with Crippen molar-refractivity contribution in [2.75, 3.05) is 23.3 Å². The molecule has 21 heavy (non-hydrogen) atoms. The first-order valence-corrected chi connectivity index (χ1v) is 7.80. The van der Waals surface area contributed by atoms with Crippen molar-refractivity contribution in [1.29, 1.82) is 0 Å². The van der Waals surface area contributed by atoms with Gasteiger partial charge in [-0.3, -0.25) is 9.78 Å². The Balaban J connectivity index is 1.78. The Morgan fingerprint density at radius 1 is 1.19 bits per heavy atom. The number of hydrogen-bond acceptors (Lipinski definition) is 3. The first-order chi connectivity index (χ1) is 10.2. The fourth-order valence-electron chi connectivity index (χ4n) is 2.46. The third-order valence-corrected chi connectivity index (χ3v) is 4.26. The number of nitrogens with one attached hydrogen (secondary N) is 1. The Bertz CT molecular complexity index is 653. The van der Waals surface area contributed by atoms with E-state index >= 15 is 0 Å². The van der Waals surface area contributed by atoms with Crippen LogP contribution in [0.15, 0.2) is 47.1 Å². The number of aromatic nitrogens is 1. The molecule has 1 saturated heterocycles. The maximum atomic E-state index is 12.3. The van der Waals surface area contributed by atoms with Crippen molar-refractivity contribution in [3.63, 3.8) is 0 Å². The summed E-state index contributed by atoms with van der Waals surface area (Å²) in [6, 6.07) is 11.4. The van der Waals surface area contributed by atoms with Crippen LogP contribution >= 0.6 is 15.9 Å². The van der Waals surface area contributed by atoms with E-state index in [1.165, 1.54) is 12.8 Å². The van der Waals surface area contributed by atoms with Crippen LogP contribution in [0.25, 0.3) is 0 Å². The van der Waals surface area contributed by atoms with E-state index in [9.17, 15) is 4.79 Å². The van der Waals surface area contributed by atoms with Crippen molar-refractivity contribution < 1.29 is 4.79 Å². The quantitative estimate of drug-likeness (QED) is 0.922. The molecule has 1 fully saturated rings. The van der Waals surface area contributed by atoms with E-state index in [-0.39, 0.29) is 5.91 Å². The van der Waals surface area contributed by atoms with Gasteiger partial charge >= 0.3 is 0 Å². The van der Waals surface area contributed by atoms with Gasteiger partial charge < -0.3 is 10.2 Å². The zero-order valence-corrected chi connectivity index (χ0v) is 13.1. The Morgan fingerprint density at radius 3 is 2.71 bits per heavy atom. The van der Waals surface area contributed by atoms with E-state index in [0.717, 1.165) is 28.9 Å². The molecule has 1 aliphatic heterocycles. The Morgan fingerprint density at radius 2 is 1.95 bits per heavy atom. The fourth-order valence-corrected chi connectivity index (χ4v) is 2.85. The number of pyridine rings is 1. The maximum Gasteiger partial charge on any atom is 0.274 e. The van der Waals surface area contributed by atoms with Gasteiger partial charge in [0.05, 0.1) is 5.69 Å². The number of amides is 1. The second-order valence-electron chi connectivity index (χ2n) is 5.03. The second kappa shape index (κ2) is 6.26. The van der Waals surface area contributed by atoms with Crippen LogP contribution < -0.4 is 10.2 Å². The standard InChI is InChI=1S/C16H16BrN3O/c17-13-5-1-2-6-14(13)19-16(21)15-11-12(7-8-18-15)20-9-3-4-10-20/h1-2,5-8,11H,3-4,9-10H2,(H,19,21). The maximum absolute atomic E-state index is 12.3. The van der Waals surface area contributed by atoms with Crippen LogP contribution in [0.1, 0.15) is 23.3 Å². The molecule has 0 saturated carbocycles. The lowest BCUT2D eigenvalue weighted by atomic mass is 10.2. The van der Waals surface area contributed by atoms with Gasteiger partial charge in [0, 0.05) is 29.4 Å². The van der Waals surface area contributed by atoms with Crippen molar-refractivity contribution in [1.82, 2.24) is 4.98 Å². The zero-order valence-electron chi connectivity index (χ0n) is 11.6. The molecule has 1 aliphatic rings. The molecule has 0 unspecified atom stereocenters. The minimum Gasteiger partial charge on any atom is -0.371 e. The van der Waals surface area contributed by atoms with Crippen molar-refractivity contribution >= 4 is 33.2 Å². The highest BCUT2D eigenvalue weighted by Crippen LogP contribution is 2.23. The number of carbonyl (C=O) groups is 1. The SMILES string of the molecule is O=C(Nc1ccccc1Br)c1cc(N2CCCC2)ccn1. The molecule has 5 heteroatoms. The molecule has 2 aromatic rings. The summed E-state index contributed by atoms with van der Waals surface area (Å²) in [4.78, 5) is 18.8. The van der Waals surface area contributed by atoms with Crippen LogP contribution in [0.5, 0.6) is 0 Å². The molecule has 108 valence electrons. The van der Waals surface area contributed by atoms with Gasteiger partial charge in [0.1, 0.15) is 5.69 Å². The Labute approximate surface area is 132 Å². The van der Waals surface area contributed by atoms with Crippen LogP contribution in [0, 0.1) is 0 Å². The van der Waals surface area contributed by atoms with Gasteiger partial charge in [-0.15, -0.1) is 0 Å². The average Bonchev–Trinajstić information content (AvgIpc) is 3.04. The summed E-state index contributed by atoms with van der Waals surface area (Å²) in [7, 11) is 0. The molecule has 4 nitrogen and oxygen atoms in total. The van der Waals surface area contributed by atoms with Crippen molar-refractivity contribution in [3.05, 3.63) is 52.8 Å². The summed E-state index contributed by atoms with van der Waals surface area (Å²) < 4.78 is 0.856. The van der Waals surface area contributed by atoms with E-state index in [1.807, 2.05) is 36.4 Å². The predicted molar refractivity (Wildman–Crippen MR) is 87.8 cm³/mol. The van der Waals surface area contributed by atoms with Crippen LogP contribution in [0.4, 0.5) is 11.4 Å². The number of halogens is 1. The molecule has 3 rings (SSSR count). The van der Waals surface area contributed by atoms with Gasteiger partial charge in [0.2, 0.25) is 0 Å². The van der Waals surface area contributed by atoms with E-state index in [0.29, 0.717) is 5.69 Å². The molecule has 0 atom stereocenters. The van der Waals surface area contributed by atoms with E-state index < -0.39 is 0 Å². The van der Waals surface area contributed by atoms with Crippen molar-refractivity contribution in [2.45, 2.75) is 12.8 Å². The molecule has 1 aromatic heterocycles. The molecule has 0 bridgehead atoms. The lowest BCUT2D eigenvalue weighted by Gasteiger charge is -2.17. The summed E-state index contributed by atoms with van der Waals surface area (Å²) in [6.07, 6.45) is 4.12. The van der Waals surface area contributed by atoms with Gasteiger partial charge in [-0.1, -0.05) is 12.1 Å². The van der Waals surface area contributed by atoms with Crippen LogP contribution in [-0.2, 0) is 0 Å². The summed E-state index contributed by atoms with van der Waals surface area (Å²) in [6.45, 7) is 2.10. The van der Waals surface area contributed by atoms with Crippen molar-refractivity contribution in [3.8, 4) is 0 Å². The molecule has 1 amide bonds. The third kappa shape index (κ3) is 3.24. The second-order valence-corrected chi connectivity index (χ2v) is 5.88. The van der Waals surface area contributed by atoms with Crippen LogP contribution in [0.2, 0.25) is 0 Å². The highest BCUT2D eigenvalue weighted by molar-refractivity contribution is 9.10. The molecule has 0 radical (unpaired) electrons. The fraction of sp³-hybridized carbons (Fsp3) is 0.250. The number of nitrogens with zero attached hydrogens (tertiary/aromatic N) is 2. The van der Waals surface area contributed by atoms with Gasteiger partial charge in [0.25, 0.3) is 5.91 Å². The molecule has 1 aromatic carbocycles. The molecule has 0 spiro atoms. The smallest absolute Gasteiger partial charge is 0.274 e. The van der Waals surface area contributed by atoms with Crippen molar-refractivity contribution in [2.24, 2.45) is 0 Å². The minimum absolute atomic E-state index is 0.192. The molecular formula is C16H16BrN3O. The summed E-state index contributed by atoms with van der Waals surface area (Å²) in [5.41, 5.74) is 2.26. The zero-order chi connectivity index (χ0) is 14.7. The monoisotopic (exact) mass is 345 g/mol. The largest absolute Gasteiger partial charge is 0.371 e. The first kappa shape index (κ1) is 14.1. The summed E-state index contributed by atoms with van der Waals surface area (Å²) >= 11 is 3.42. The molecule has 0 aliphatic carbocycles. The normalized spacial score (nSPS) is 14.2. The topological polar surface area (TPSA) is 45.2 Å². The average molecular weight is 346 g/mol. The van der Waals surface area contributed by atoms with E-state index in [4.69, 9.17) is 0 Å². The van der Waals surface area contributed by atoms with E-state index in [2.05, 4.69) is 31.1 Å². The molecule has 1 N–H and O–H groups in total. The van der Waals surface area contributed by atoms with E-state index in [1.54, 1.807) is 6.20 Å².